The number of nitrogens with one attached hydrogen (secondary N) is 1. The Morgan fingerprint density at radius 1 is 1.00 bits per heavy atom. The smallest absolute Gasteiger partial charge is 0.220 e. The highest BCUT2D eigenvalue weighted by Gasteiger charge is 2.35. The molecule has 1 heterocycles. The number of likely N-dealkylation sites (tertiary alicyclic amines) is 1. The maximum Gasteiger partial charge on any atom is 0.220 e. The second-order valence-corrected chi connectivity index (χ2v) is 6.33. The van der Waals surface area contributed by atoms with Gasteiger partial charge in [0.05, 0.1) is 0 Å². The van der Waals surface area contributed by atoms with E-state index in [1.54, 1.807) is 0 Å². The lowest BCUT2D eigenvalue weighted by Gasteiger charge is -2.30. The lowest BCUT2D eigenvalue weighted by atomic mass is 9.85. The van der Waals surface area contributed by atoms with Crippen LogP contribution in [-0.2, 0) is 4.79 Å². The van der Waals surface area contributed by atoms with Crippen LogP contribution in [0.4, 0.5) is 0 Å². The fourth-order valence-electron chi connectivity index (χ4n) is 3.57. The molecule has 4 nitrogen and oxygen atoms in total. The summed E-state index contributed by atoms with van der Waals surface area (Å²) in [5.41, 5.74) is 5.37. The first-order valence-electron chi connectivity index (χ1n) is 7.52. The monoisotopic (exact) mass is 251 g/mol. The zero-order valence-corrected chi connectivity index (χ0v) is 11.1. The van der Waals surface area contributed by atoms with Crippen molar-refractivity contribution < 1.29 is 4.79 Å². The molecule has 18 heavy (non-hydrogen) atoms. The Kier molecular flexibility index (Phi) is 3.57. The van der Waals surface area contributed by atoms with Crippen LogP contribution in [0, 0.1) is 5.92 Å². The minimum absolute atomic E-state index is 0.103. The molecule has 0 radical (unpaired) electrons. The summed E-state index contributed by atoms with van der Waals surface area (Å²) in [4.78, 5) is 13.8. The van der Waals surface area contributed by atoms with Crippen LogP contribution in [0.25, 0.3) is 0 Å². The molecule has 4 heteroatoms. The molecule has 1 aliphatic heterocycles. The fraction of sp³-hybridized carbons (Fsp3) is 0.929. The van der Waals surface area contributed by atoms with E-state index in [0.29, 0.717) is 12.1 Å². The Balaban J connectivity index is 1.40. The van der Waals surface area contributed by atoms with Crippen molar-refractivity contribution in [1.29, 1.82) is 0 Å². The van der Waals surface area contributed by atoms with Crippen molar-refractivity contribution in [3.63, 3.8) is 0 Å². The second kappa shape index (κ2) is 5.17. The van der Waals surface area contributed by atoms with Crippen LogP contribution in [0.3, 0.4) is 0 Å². The van der Waals surface area contributed by atoms with E-state index in [1.165, 1.54) is 32.4 Å². The molecule has 3 fully saturated rings. The van der Waals surface area contributed by atoms with E-state index in [4.69, 9.17) is 5.73 Å². The van der Waals surface area contributed by atoms with E-state index in [-0.39, 0.29) is 11.8 Å². The molecule has 1 saturated heterocycles. The maximum atomic E-state index is 11.1. The fourth-order valence-corrected chi connectivity index (χ4v) is 3.57. The van der Waals surface area contributed by atoms with Crippen molar-refractivity contribution in [2.75, 3.05) is 13.1 Å². The Morgan fingerprint density at radius 2 is 1.72 bits per heavy atom. The van der Waals surface area contributed by atoms with Gasteiger partial charge in [-0.2, -0.15) is 0 Å². The lowest BCUT2D eigenvalue weighted by molar-refractivity contribution is -0.122. The molecule has 3 rings (SSSR count). The quantitative estimate of drug-likeness (QED) is 0.779. The van der Waals surface area contributed by atoms with Gasteiger partial charge in [-0.15, -0.1) is 0 Å². The van der Waals surface area contributed by atoms with Crippen molar-refractivity contribution in [2.45, 2.75) is 63.1 Å². The zero-order valence-electron chi connectivity index (χ0n) is 11.1. The molecule has 3 aliphatic rings. The number of nitrogens with two attached hydrogens (primary N) is 1. The highest BCUT2D eigenvalue weighted by Crippen LogP contribution is 2.30. The summed E-state index contributed by atoms with van der Waals surface area (Å²) in [6.45, 7) is 2.51. The third-order valence-electron chi connectivity index (χ3n) is 4.88. The minimum Gasteiger partial charge on any atom is -0.369 e. The van der Waals surface area contributed by atoms with E-state index in [2.05, 4.69) is 10.2 Å². The molecule has 3 N–H and O–H groups in total. The van der Waals surface area contributed by atoms with Gasteiger partial charge in [-0.1, -0.05) is 0 Å². The summed E-state index contributed by atoms with van der Waals surface area (Å²) in [7, 11) is 0. The summed E-state index contributed by atoms with van der Waals surface area (Å²) in [6.07, 6.45) is 8.32. The third kappa shape index (κ3) is 2.86. The van der Waals surface area contributed by atoms with Gasteiger partial charge in [-0.25, -0.2) is 0 Å². The predicted octanol–water partition coefficient (Wildman–Crippen LogP) is 0.857. The molecule has 0 aromatic rings. The van der Waals surface area contributed by atoms with Crippen molar-refractivity contribution in [3.05, 3.63) is 0 Å². The highest BCUT2D eigenvalue weighted by molar-refractivity contribution is 5.76. The number of hydrogen-bond donors (Lipinski definition) is 2. The number of amides is 1. The van der Waals surface area contributed by atoms with Gasteiger partial charge >= 0.3 is 0 Å². The number of hydrogen-bond acceptors (Lipinski definition) is 3. The molecule has 1 unspecified atom stereocenters. The van der Waals surface area contributed by atoms with Crippen molar-refractivity contribution in [2.24, 2.45) is 11.7 Å². The average Bonchev–Trinajstić information content (AvgIpc) is 3.11. The van der Waals surface area contributed by atoms with Crippen molar-refractivity contribution in [3.8, 4) is 0 Å². The van der Waals surface area contributed by atoms with Crippen molar-refractivity contribution >= 4 is 5.91 Å². The molecule has 0 aromatic carbocycles. The molecule has 102 valence electrons. The van der Waals surface area contributed by atoms with E-state index in [1.807, 2.05) is 0 Å². The van der Waals surface area contributed by atoms with E-state index >= 15 is 0 Å². The van der Waals surface area contributed by atoms with Gasteiger partial charge in [0.25, 0.3) is 0 Å². The molecule has 1 amide bonds. The normalized spacial score (nSPS) is 37.9. The van der Waals surface area contributed by atoms with Crippen LogP contribution in [0.2, 0.25) is 0 Å². The Bertz CT molecular complexity index is 308. The largest absolute Gasteiger partial charge is 0.369 e. The average molecular weight is 251 g/mol. The molecular weight excluding hydrogens is 226 g/mol. The van der Waals surface area contributed by atoms with Gasteiger partial charge < -0.3 is 11.1 Å². The molecule has 2 aliphatic carbocycles. The van der Waals surface area contributed by atoms with Gasteiger partial charge in [0, 0.05) is 37.1 Å². The second-order valence-electron chi connectivity index (χ2n) is 6.33. The number of rotatable bonds is 4. The first-order chi connectivity index (χ1) is 8.72. The standard InChI is InChI=1S/C14H25N3O/c15-14(18)10-1-3-11(4-2-10)16-12-7-8-17(9-12)13-5-6-13/h10-13,16H,1-9H2,(H2,15,18). The molecular formula is C14H25N3O. The van der Waals surface area contributed by atoms with E-state index in [0.717, 1.165) is 31.7 Å². The van der Waals surface area contributed by atoms with Gasteiger partial charge in [-0.3, -0.25) is 9.69 Å². The van der Waals surface area contributed by atoms with Crippen LogP contribution in [0.5, 0.6) is 0 Å². The van der Waals surface area contributed by atoms with Gasteiger partial charge in [0.15, 0.2) is 0 Å². The number of carbonyl (C=O) groups excluding carboxylic acids is 1. The Morgan fingerprint density at radius 3 is 2.33 bits per heavy atom. The van der Waals surface area contributed by atoms with Gasteiger partial charge in [0.1, 0.15) is 0 Å². The zero-order chi connectivity index (χ0) is 12.5. The summed E-state index contributed by atoms with van der Waals surface area (Å²) < 4.78 is 0. The van der Waals surface area contributed by atoms with Gasteiger partial charge in [-0.05, 0) is 44.9 Å². The molecule has 0 aromatic heterocycles. The highest BCUT2D eigenvalue weighted by atomic mass is 16.1. The number of carbonyl (C=O) groups is 1. The number of nitrogens with zero attached hydrogens (tertiary/aromatic N) is 1. The third-order valence-corrected chi connectivity index (χ3v) is 4.88. The maximum absolute atomic E-state index is 11.1. The van der Waals surface area contributed by atoms with E-state index in [9.17, 15) is 4.79 Å². The molecule has 0 bridgehead atoms. The molecule has 0 spiro atoms. The first kappa shape index (κ1) is 12.4. The summed E-state index contributed by atoms with van der Waals surface area (Å²) in [5.74, 6) is 0.0313. The summed E-state index contributed by atoms with van der Waals surface area (Å²) >= 11 is 0. The lowest BCUT2D eigenvalue weighted by Crippen LogP contribution is -2.43. The number of primary amides is 1. The first-order valence-corrected chi connectivity index (χ1v) is 7.52. The topological polar surface area (TPSA) is 58.4 Å². The summed E-state index contributed by atoms with van der Waals surface area (Å²) in [5, 5.41) is 3.80. The van der Waals surface area contributed by atoms with Crippen LogP contribution in [0.1, 0.15) is 44.9 Å². The van der Waals surface area contributed by atoms with Crippen molar-refractivity contribution in [1.82, 2.24) is 10.2 Å². The minimum atomic E-state index is -0.103. The van der Waals surface area contributed by atoms with Crippen LogP contribution < -0.4 is 11.1 Å². The van der Waals surface area contributed by atoms with E-state index < -0.39 is 0 Å². The van der Waals surface area contributed by atoms with Gasteiger partial charge in [0.2, 0.25) is 5.91 Å². The molecule has 1 atom stereocenters. The predicted molar refractivity (Wildman–Crippen MR) is 71.1 cm³/mol. The Labute approximate surface area is 109 Å². The SMILES string of the molecule is NC(=O)C1CCC(NC2CCN(C3CC3)C2)CC1. The Hall–Kier alpha value is -0.610. The van der Waals surface area contributed by atoms with Crippen LogP contribution in [0.15, 0.2) is 0 Å². The summed E-state index contributed by atoms with van der Waals surface area (Å²) in [6, 6.07) is 2.20. The van der Waals surface area contributed by atoms with Crippen LogP contribution >= 0.6 is 0 Å². The molecule has 2 saturated carbocycles. The van der Waals surface area contributed by atoms with Crippen LogP contribution in [-0.4, -0.2) is 42.0 Å².